The fraction of sp³-hybridized carbons (Fsp3) is 0.235. The van der Waals surface area contributed by atoms with Gasteiger partial charge in [-0.2, -0.15) is 0 Å². The first-order valence-corrected chi connectivity index (χ1v) is 8.73. The van der Waals surface area contributed by atoms with Crippen LogP contribution in [0.3, 0.4) is 0 Å². The third-order valence-corrected chi connectivity index (χ3v) is 3.99. The summed E-state index contributed by atoms with van der Waals surface area (Å²) in [6.45, 7) is 2.39. The van der Waals surface area contributed by atoms with Crippen LogP contribution in [0.4, 0.5) is 15.5 Å². The summed E-state index contributed by atoms with van der Waals surface area (Å²) in [4.78, 5) is 34.9. The monoisotopic (exact) mass is 360 g/mol. The molecule has 8 heteroatoms. The molecule has 0 radical (unpaired) electrons. The lowest BCUT2D eigenvalue weighted by molar-refractivity contribution is -0.115. The molecule has 2 aromatic rings. The number of nitrogens with one attached hydrogen (secondary N) is 4. The van der Waals surface area contributed by atoms with E-state index in [1.165, 1.54) is 11.3 Å². The molecule has 1 heterocycles. The highest BCUT2D eigenvalue weighted by molar-refractivity contribution is 7.14. The number of hydrogen-bond acceptors (Lipinski definition) is 4. The molecule has 4 amide bonds. The van der Waals surface area contributed by atoms with Gasteiger partial charge in [-0.3, -0.25) is 14.9 Å². The van der Waals surface area contributed by atoms with Crippen LogP contribution in [0.2, 0.25) is 0 Å². The Morgan fingerprint density at radius 1 is 0.960 bits per heavy atom. The Morgan fingerprint density at radius 2 is 1.68 bits per heavy atom. The van der Waals surface area contributed by atoms with Gasteiger partial charge in [0.2, 0.25) is 5.91 Å². The fourth-order valence-electron chi connectivity index (χ4n) is 1.91. The highest BCUT2D eigenvalue weighted by atomic mass is 32.1. The Morgan fingerprint density at radius 3 is 2.32 bits per heavy atom. The van der Waals surface area contributed by atoms with Crippen LogP contribution < -0.4 is 21.3 Å². The Labute approximate surface area is 149 Å². The highest BCUT2D eigenvalue weighted by Crippen LogP contribution is 2.14. The number of amides is 4. The molecule has 25 heavy (non-hydrogen) atoms. The van der Waals surface area contributed by atoms with Gasteiger partial charge >= 0.3 is 6.03 Å². The second-order valence-corrected chi connectivity index (χ2v) is 6.04. The van der Waals surface area contributed by atoms with Crippen molar-refractivity contribution in [3.05, 3.63) is 47.3 Å². The van der Waals surface area contributed by atoms with Gasteiger partial charge in [-0.05, 0) is 41.8 Å². The average Bonchev–Trinajstić information content (AvgIpc) is 3.12. The van der Waals surface area contributed by atoms with Crippen molar-refractivity contribution in [3.63, 3.8) is 0 Å². The lowest BCUT2D eigenvalue weighted by Crippen LogP contribution is -2.36. The molecule has 0 saturated heterocycles. The van der Waals surface area contributed by atoms with Crippen molar-refractivity contribution in [1.82, 2.24) is 10.6 Å². The first-order valence-electron chi connectivity index (χ1n) is 7.85. The number of urea groups is 1. The summed E-state index contributed by atoms with van der Waals surface area (Å²) < 4.78 is 0. The topological polar surface area (TPSA) is 99.3 Å². The Bertz CT molecular complexity index is 714. The molecule has 132 valence electrons. The summed E-state index contributed by atoms with van der Waals surface area (Å²) in [5, 5.41) is 13.4. The van der Waals surface area contributed by atoms with Crippen molar-refractivity contribution < 1.29 is 14.4 Å². The lowest BCUT2D eigenvalue weighted by atomic mass is 10.2. The van der Waals surface area contributed by atoms with Crippen LogP contribution in [0.15, 0.2) is 41.8 Å². The van der Waals surface area contributed by atoms with Crippen LogP contribution in [-0.4, -0.2) is 30.9 Å². The van der Waals surface area contributed by atoms with Gasteiger partial charge in [0, 0.05) is 30.8 Å². The zero-order valence-corrected chi connectivity index (χ0v) is 14.6. The van der Waals surface area contributed by atoms with E-state index in [1.807, 2.05) is 11.4 Å². The van der Waals surface area contributed by atoms with Crippen LogP contribution in [0, 0.1) is 0 Å². The smallest absolute Gasteiger partial charge is 0.319 e. The molecule has 4 N–H and O–H groups in total. The summed E-state index contributed by atoms with van der Waals surface area (Å²) >= 11 is 1.43. The molecule has 0 unspecified atom stereocenters. The minimum Gasteiger partial charge on any atom is -0.350 e. The molecule has 0 aliphatic carbocycles. The van der Waals surface area contributed by atoms with Gasteiger partial charge in [0.05, 0.1) is 5.00 Å². The maximum absolute atomic E-state index is 12.0. The first-order chi connectivity index (χ1) is 12.1. The third-order valence-electron chi connectivity index (χ3n) is 3.21. The summed E-state index contributed by atoms with van der Waals surface area (Å²) in [5.41, 5.74) is 1.13. The normalized spacial score (nSPS) is 9.96. The summed E-state index contributed by atoms with van der Waals surface area (Å²) in [7, 11) is 0. The molecule has 1 aromatic carbocycles. The molecule has 0 atom stereocenters. The van der Waals surface area contributed by atoms with E-state index in [4.69, 9.17) is 0 Å². The maximum Gasteiger partial charge on any atom is 0.319 e. The van der Waals surface area contributed by atoms with Crippen LogP contribution >= 0.6 is 11.3 Å². The van der Waals surface area contributed by atoms with Gasteiger partial charge in [-0.1, -0.05) is 6.92 Å². The minimum atomic E-state index is -0.312. The summed E-state index contributed by atoms with van der Waals surface area (Å²) in [5.74, 6) is -0.321. The maximum atomic E-state index is 12.0. The van der Waals surface area contributed by atoms with Crippen molar-refractivity contribution in [2.45, 2.75) is 13.3 Å². The molecule has 0 saturated carbocycles. The zero-order valence-electron chi connectivity index (χ0n) is 13.8. The molecule has 0 aliphatic heterocycles. The van der Waals surface area contributed by atoms with Gasteiger partial charge in [0.1, 0.15) is 0 Å². The number of hydrogen-bond donors (Lipinski definition) is 4. The third kappa shape index (κ3) is 6.27. The van der Waals surface area contributed by atoms with Gasteiger partial charge in [-0.15, -0.1) is 11.3 Å². The van der Waals surface area contributed by atoms with Crippen molar-refractivity contribution in [3.8, 4) is 0 Å². The number of thiophene rings is 1. The number of carbonyl (C=O) groups excluding carboxylic acids is 3. The number of rotatable bonds is 7. The molecule has 0 spiro atoms. The second-order valence-electron chi connectivity index (χ2n) is 5.09. The van der Waals surface area contributed by atoms with Crippen molar-refractivity contribution in [2.75, 3.05) is 23.7 Å². The number of benzene rings is 1. The summed E-state index contributed by atoms with van der Waals surface area (Å²) in [6.07, 6.45) is 0.398. The summed E-state index contributed by atoms with van der Waals surface area (Å²) in [6, 6.07) is 9.96. The van der Waals surface area contributed by atoms with E-state index in [0.717, 1.165) is 5.00 Å². The first kappa shape index (κ1) is 18.5. The molecule has 0 aliphatic rings. The molecule has 2 rings (SSSR count). The van der Waals surface area contributed by atoms with Crippen LogP contribution in [0.1, 0.15) is 23.7 Å². The van der Waals surface area contributed by atoms with E-state index in [-0.39, 0.29) is 17.8 Å². The molecule has 0 bridgehead atoms. The van der Waals surface area contributed by atoms with E-state index in [1.54, 1.807) is 37.3 Å². The van der Waals surface area contributed by atoms with E-state index in [2.05, 4.69) is 21.3 Å². The van der Waals surface area contributed by atoms with Crippen LogP contribution in [-0.2, 0) is 4.79 Å². The minimum absolute atomic E-state index is 0.0795. The lowest BCUT2D eigenvalue weighted by Gasteiger charge is -2.08. The standard InChI is InChI=1S/C17H20N4O3S/c1-2-14(22)20-13-7-5-12(6-8-13)16(23)18-9-10-19-17(24)21-15-4-3-11-25-15/h3-8,11H,2,9-10H2,1H3,(H,18,23)(H,20,22)(H2,19,21,24). The van der Waals surface area contributed by atoms with Gasteiger partial charge in [0.25, 0.3) is 5.91 Å². The Hall–Kier alpha value is -2.87. The van der Waals surface area contributed by atoms with Gasteiger partial charge < -0.3 is 16.0 Å². The van der Waals surface area contributed by atoms with Crippen molar-refractivity contribution >= 4 is 39.9 Å². The van der Waals surface area contributed by atoms with Crippen molar-refractivity contribution in [2.24, 2.45) is 0 Å². The fourth-order valence-corrected chi connectivity index (χ4v) is 2.53. The Kier molecular flexibility index (Phi) is 6.97. The number of carbonyl (C=O) groups is 3. The van der Waals surface area contributed by atoms with E-state index in [0.29, 0.717) is 30.8 Å². The van der Waals surface area contributed by atoms with Crippen LogP contribution in [0.25, 0.3) is 0 Å². The molecule has 7 nitrogen and oxygen atoms in total. The van der Waals surface area contributed by atoms with Gasteiger partial charge in [0.15, 0.2) is 0 Å². The zero-order chi connectivity index (χ0) is 18.1. The molecular formula is C17H20N4O3S. The molecule has 1 aromatic heterocycles. The number of anilines is 2. The average molecular weight is 360 g/mol. The predicted molar refractivity (Wildman–Crippen MR) is 99.0 cm³/mol. The second kappa shape index (κ2) is 9.43. The van der Waals surface area contributed by atoms with Gasteiger partial charge in [-0.25, -0.2) is 4.79 Å². The Balaban J connectivity index is 1.69. The van der Waals surface area contributed by atoms with Crippen LogP contribution in [0.5, 0.6) is 0 Å². The van der Waals surface area contributed by atoms with E-state index in [9.17, 15) is 14.4 Å². The van der Waals surface area contributed by atoms with E-state index >= 15 is 0 Å². The van der Waals surface area contributed by atoms with E-state index < -0.39 is 0 Å². The highest BCUT2D eigenvalue weighted by Gasteiger charge is 2.06. The molecular weight excluding hydrogens is 340 g/mol. The quantitative estimate of drug-likeness (QED) is 0.571. The molecule has 0 fully saturated rings. The van der Waals surface area contributed by atoms with Crippen molar-refractivity contribution in [1.29, 1.82) is 0 Å². The largest absolute Gasteiger partial charge is 0.350 e. The predicted octanol–water partition coefficient (Wildman–Crippen LogP) is 2.65. The SMILES string of the molecule is CCC(=O)Nc1ccc(C(=O)NCCNC(=O)Nc2cccs2)cc1.